The molecule has 0 fully saturated rings. The van der Waals surface area contributed by atoms with E-state index in [1.807, 2.05) is 30.3 Å². The third kappa shape index (κ3) is 5.24. The van der Waals surface area contributed by atoms with Gasteiger partial charge in [-0.2, -0.15) is 0 Å². The molecule has 0 bridgehead atoms. The summed E-state index contributed by atoms with van der Waals surface area (Å²) in [4.78, 5) is 13.7. The van der Waals surface area contributed by atoms with E-state index in [9.17, 15) is 13.2 Å². The van der Waals surface area contributed by atoms with Crippen molar-refractivity contribution >= 4 is 27.5 Å². The van der Waals surface area contributed by atoms with Gasteiger partial charge in [0, 0.05) is 22.8 Å². The van der Waals surface area contributed by atoms with Crippen LogP contribution in [-0.4, -0.2) is 26.6 Å². The topological polar surface area (TPSA) is 76.4 Å². The van der Waals surface area contributed by atoms with Gasteiger partial charge < -0.3 is 9.73 Å². The second kappa shape index (κ2) is 8.92. The van der Waals surface area contributed by atoms with Crippen LogP contribution in [0.5, 0.6) is 0 Å². The zero-order chi connectivity index (χ0) is 19.1. The van der Waals surface area contributed by atoms with Crippen molar-refractivity contribution in [2.45, 2.75) is 15.5 Å². The molecule has 0 atom stereocenters. The standard InChI is InChI=1S/C20H19NO4S2/c22-20(21-12-14-27(23,24)18-9-5-2-6-10-18)19-16(11-13-25-19)15-26-17-7-3-1-4-8-17/h1-11,13H,12,14-15H2,(H,21,22). The molecule has 3 rings (SSSR count). The van der Waals surface area contributed by atoms with Gasteiger partial charge in [-0.05, 0) is 30.3 Å². The predicted molar refractivity (Wildman–Crippen MR) is 106 cm³/mol. The molecule has 1 amide bonds. The van der Waals surface area contributed by atoms with Crippen LogP contribution in [0.15, 0.2) is 87.2 Å². The maximum atomic E-state index is 12.4. The normalized spacial score (nSPS) is 11.3. The summed E-state index contributed by atoms with van der Waals surface area (Å²) >= 11 is 1.60. The van der Waals surface area contributed by atoms with E-state index in [0.29, 0.717) is 5.75 Å². The van der Waals surface area contributed by atoms with Crippen molar-refractivity contribution in [3.8, 4) is 0 Å². The zero-order valence-corrected chi connectivity index (χ0v) is 16.1. The maximum Gasteiger partial charge on any atom is 0.287 e. The van der Waals surface area contributed by atoms with Crippen molar-refractivity contribution < 1.29 is 17.6 Å². The van der Waals surface area contributed by atoms with Crippen molar-refractivity contribution in [2.24, 2.45) is 0 Å². The average Bonchev–Trinajstić information content (AvgIpc) is 3.16. The van der Waals surface area contributed by atoms with Crippen LogP contribution in [0.2, 0.25) is 0 Å². The molecule has 3 aromatic rings. The van der Waals surface area contributed by atoms with Crippen molar-refractivity contribution in [3.05, 3.63) is 84.3 Å². The molecular formula is C20H19NO4S2. The van der Waals surface area contributed by atoms with E-state index in [4.69, 9.17) is 4.42 Å². The molecule has 0 spiro atoms. The summed E-state index contributed by atoms with van der Waals surface area (Å²) in [6.07, 6.45) is 1.47. The van der Waals surface area contributed by atoms with Gasteiger partial charge in [0.15, 0.2) is 15.6 Å². The largest absolute Gasteiger partial charge is 0.459 e. The number of carbonyl (C=O) groups excluding carboxylic acids is 1. The van der Waals surface area contributed by atoms with E-state index in [-0.39, 0.29) is 23.0 Å². The van der Waals surface area contributed by atoms with Crippen molar-refractivity contribution in [3.63, 3.8) is 0 Å². The minimum atomic E-state index is -3.43. The third-order valence-electron chi connectivity index (χ3n) is 3.85. The summed E-state index contributed by atoms with van der Waals surface area (Å²) in [6, 6.07) is 19.8. The second-order valence-electron chi connectivity index (χ2n) is 5.76. The van der Waals surface area contributed by atoms with Gasteiger partial charge in [-0.15, -0.1) is 11.8 Å². The van der Waals surface area contributed by atoms with Crippen molar-refractivity contribution in [1.29, 1.82) is 0 Å². The highest BCUT2D eigenvalue weighted by Crippen LogP contribution is 2.24. The lowest BCUT2D eigenvalue weighted by Gasteiger charge is -2.07. The number of sulfone groups is 1. The van der Waals surface area contributed by atoms with Crippen LogP contribution in [-0.2, 0) is 15.6 Å². The van der Waals surface area contributed by atoms with Crippen LogP contribution < -0.4 is 5.32 Å². The van der Waals surface area contributed by atoms with Gasteiger partial charge in [-0.3, -0.25) is 4.79 Å². The van der Waals surface area contributed by atoms with E-state index in [0.717, 1.165) is 10.5 Å². The Kier molecular flexibility index (Phi) is 6.36. The van der Waals surface area contributed by atoms with Crippen LogP contribution in [0.4, 0.5) is 0 Å². The second-order valence-corrected chi connectivity index (χ2v) is 8.92. The van der Waals surface area contributed by atoms with Crippen LogP contribution in [0.3, 0.4) is 0 Å². The van der Waals surface area contributed by atoms with Crippen LogP contribution in [0.1, 0.15) is 16.1 Å². The minimum Gasteiger partial charge on any atom is -0.459 e. The summed E-state index contributed by atoms with van der Waals surface area (Å²) in [5.41, 5.74) is 0.771. The fourth-order valence-corrected chi connectivity index (χ4v) is 4.53. The molecule has 1 aromatic heterocycles. The lowest BCUT2D eigenvalue weighted by Crippen LogP contribution is -2.29. The Morgan fingerprint density at radius 3 is 2.33 bits per heavy atom. The van der Waals surface area contributed by atoms with Crippen LogP contribution >= 0.6 is 11.8 Å². The maximum absolute atomic E-state index is 12.4. The molecule has 5 nitrogen and oxygen atoms in total. The number of hydrogen-bond donors (Lipinski definition) is 1. The van der Waals surface area contributed by atoms with E-state index >= 15 is 0 Å². The highest BCUT2D eigenvalue weighted by Gasteiger charge is 2.18. The zero-order valence-electron chi connectivity index (χ0n) is 14.5. The number of rotatable bonds is 8. The number of furan rings is 1. The fraction of sp³-hybridized carbons (Fsp3) is 0.150. The van der Waals surface area contributed by atoms with E-state index in [2.05, 4.69) is 5.32 Å². The molecule has 0 aliphatic carbocycles. The Morgan fingerprint density at radius 2 is 1.63 bits per heavy atom. The smallest absolute Gasteiger partial charge is 0.287 e. The number of hydrogen-bond acceptors (Lipinski definition) is 5. The Morgan fingerprint density at radius 1 is 0.963 bits per heavy atom. The van der Waals surface area contributed by atoms with Crippen molar-refractivity contribution in [1.82, 2.24) is 5.32 Å². The quantitative estimate of drug-likeness (QED) is 0.582. The summed E-state index contributed by atoms with van der Waals surface area (Å²) in [5, 5.41) is 2.63. The number of benzene rings is 2. The SMILES string of the molecule is O=C(NCCS(=O)(=O)c1ccccc1)c1occc1CSc1ccccc1. The third-order valence-corrected chi connectivity index (χ3v) is 6.64. The predicted octanol–water partition coefficient (Wildman–Crippen LogP) is 3.78. The summed E-state index contributed by atoms with van der Waals surface area (Å²) in [5.74, 6) is 0.228. The summed E-state index contributed by atoms with van der Waals surface area (Å²) < 4.78 is 29.8. The monoisotopic (exact) mass is 401 g/mol. The molecule has 7 heteroatoms. The van der Waals surface area contributed by atoms with Gasteiger partial charge in [0.25, 0.3) is 5.91 Å². The number of thioether (sulfide) groups is 1. The highest BCUT2D eigenvalue weighted by molar-refractivity contribution is 7.98. The molecule has 0 saturated carbocycles. The number of nitrogens with one attached hydrogen (secondary N) is 1. The van der Waals surface area contributed by atoms with Crippen LogP contribution in [0.25, 0.3) is 0 Å². The Labute approximate surface area is 162 Å². The molecule has 0 aliphatic rings. The molecule has 1 heterocycles. The number of carbonyl (C=O) groups is 1. The first-order valence-electron chi connectivity index (χ1n) is 8.36. The van der Waals surface area contributed by atoms with Gasteiger partial charge in [0.05, 0.1) is 16.9 Å². The molecule has 27 heavy (non-hydrogen) atoms. The Bertz CT molecular complexity index is 983. The average molecular weight is 402 g/mol. The first-order valence-corrected chi connectivity index (χ1v) is 11.0. The Balaban J connectivity index is 1.55. The first kappa shape index (κ1) is 19.3. The van der Waals surface area contributed by atoms with E-state index in [1.54, 1.807) is 48.2 Å². The molecular weight excluding hydrogens is 382 g/mol. The highest BCUT2D eigenvalue weighted by atomic mass is 32.2. The molecule has 0 aliphatic heterocycles. The summed E-state index contributed by atoms with van der Waals surface area (Å²) in [6.45, 7) is 0.0159. The molecule has 140 valence electrons. The van der Waals surface area contributed by atoms with Gasteiger partial charge >= 0.3 is 0 Å². The Hall–Kier alpha value is -2.51. The van der Waals surface area contributed by atoms with Gasteiger partial charge in [0.2, 0.25) is 0 Å². The first-order chi connectivity index (χ1) is 13.1. The van der Waals surface area contributed by atoms with E-state index in [1.165, 1.54) is 6.26 Å². The minimum absolute atomic E-state index is 0.0159. The van der Waals surface area contributed by atoms with Gasteiger partial charge in [-0.1, -0.05) is 36.4 Å². The lowest BCUT2D eigenvalue weighted by molar-refractivity contribution is 0.0927. The summed E-state index contributed by atoms with van der Waals surface area (Å²) in [7, 11) is -3.43. The molecule has 1 N–H and O–H groups in total. The van der Waals surface area contributed by atoms with E-state index < -0.39 is 15.7 Å². The van der Waals surface area contributed by atoms with Crippen LogP contribution in [0, 0.1) is 0 Å². The molecule has 0 unspecified atom stereocenters. The molecule has 0 saturated heterocycles. The lowest BCUT2D eigenvalue weighted by atomic mass is 10.2. The van der Waals surface area contributed by atoms with Gasteiger partial charge in [-0.25, -0.2) is 8.42 Å². The molecule has 2 aromatic carbocycles. The number of amides is 1. The molecule has 0 radical (unpaired) electrons. The van der Waals surface area contributed by atoms with Crippen molar-refractivity contribution in [2.75, 3.05) is 12.3 Å². The fourth-order valence-electron chi connectivity index (χ4n) is 2.45. The van der Waals surface area contributed by atoms with Gasteiger partial charge in [0.1, 0.15) is 0 Å².